The van der Waals surface area contributed by atoms with Crippen molar-refractivity contribution in [1.29, 1.82) is 0 Å². The van der Waals surface area contributed by atoms with Crippen LogP contribution in [0.5, 0.6) is 0 Å². The molecule has 0 aromatic heterocycles. The van der Waals surface area contributed by atoms with Crippen molar-refractivity contribution in [2.75, 3.05) is 7.11 Å². The zero-order valence-electron chi connectivity index (χ0n) is 3.21. The lowest BCUT2D eigenvalue weighted by molar-refractivity contribution is 0.235. The minimum Gasteiger partial charge on any atom is -0.368 e. The van der Waals surface area contributed by atoms with Crippen molar-refractivity contribution >= 4 is 7.82 Å². The van der Waals surface area contributed by atoms with Gasteiger partial charge in [-0.2, -0.15) is 4.57 Å². The molecule has 0 amide bonds. The predicted molar refractivity (Wildman–Crippen MR) is 20.4 cm³/mol. The molecular formula is CH6O4P+. The molecule has 0 spiro atoms. The Morgan fingerprint density at radius 2 is 2.17 bits per heavy atom. The van der Waals surface area contributed by atoms with Crippen molar-refractivity contribution in [2.45, 2.75) is 0 Å². The molecule has 4 nitrogen and oxygen atoms in total. The van der Waals surface area contributed by atoms with E-state index in [1.165, 1.54) is 0 Å². The summed E-state index contributed by atoms with van der Waals surface area (Å²) in [4.78, 5) is 13.9. The molecule has 6 heavy (non-hydrogen) atoms. The molecule has 5 heteroatoms. The van der Waals surface area contributed by atoms with Crippen molar-refractivity contribution in [2.24, 2.45) is 0 Å². The minimum absolute atomic E-state index is 1.01. The third kappa shape index (κ3) is 4.11. The quantitative estimate of drug-likeness (QED) is 0.366. The molecule has 0 bridgehead atoms. The zero-order valence-corrected chi connectivity index (χ0v) is 4.11. The van der Waals surface area contributed by atoms with Gasteiger partial charge in [-0.1, -0.05) is 0 Å². The first kappa shape index (κ1) is 6.11. The molecule has 0 heterocycles. The highest BCUT2D eigenvalue weighted by Gasteiger charge is 2.17. The Labute approximate surface area is 35.0 Å². The highest BCUT2D eigenvalue weighted by molar-refractivity contribution is 7.46. The van der Waals surface area contributed by atoms with E-state index in [2.05, 4.69) is 4.52 Å². The molecule has 0 rings (SSSR count). The highest BCUT2D eigenvalue weighted by Crippen LogP contribution is 2.33. The van der Waals surface area contributed by atoms with Crippen LogP contribution < -0.4 is 0 Å². The molecule has 38 valence electrons. The zero-order chi connectivity index (χ0) is 5.21. The molecule has 1 atom stereocenters. The molecular weight excluding hydrogens is 107 g/mol. The van der Waals surface area contributed by atoms with Crippen molar-refractivity contribution in [1.82, 2.24) is 0 Å². The van der Waals surface area contributed by atoms with E-state index in [0.29, 0.717) is 0 Å². The molecule has 0 radical (unpaired) electrons. The topological polar surface area (TPSA) is 69.4 Å². The average molecular weight is 113 g/mol. The van der Waals surface area contributed by atoms with E-state index >= 15 is 0 Å². The second-order valence-corrected chi connectivity index (χ2v) is 2.11. The summed E-state index contributed by atoms with van der Waals surface area (Å²) in [7, 11) is -2.89. The van der Waals surface area contributed by atoms with Crippen LogP contribution in [0, 0.1) is 0 Å². The second kappa shape index (κ2) is 1.71. The Morgan fingerprint density at radius 3 is 2.17 bits per heavy atom. The number of hydrogen-bond acceptors (Lipinski definition) is 2. The van der Waals surface area contributed by atoms with Crippen molar-refractivity contribution < 1.29 is 18.9 Å². The van der Waals surface area contributed by atoms with E-state index in [9.17, 15) is 4.57 Å². The van der Waals surface area contributed by atoms with Crippen LogP contribution in [0.15, 0.2) is 0 Å². The highest BCUT2D eigenvalue weighted by atomic mass is 31.2. The second-order valence-electron chi connectivity index (χ2n) is 0.703. The smallest absolute Gasteiger partial charge is 0.368 e. The van der Waals surface area contributed by atoms with Crippen LogP contribution in [-0.4, -0.2) is 16.9 Å². The van der Waals surface area contributed by atoms with Crippen molar-refractivity contribution in [3.8, 4) is 0 Å². The Bertz CT molecular complexity index is 71.6. The molecule has 0 saturated heterocycles. The maximum absolute atomic E-state index is 9.58. The number of hydrogen-bond donors (Lipinski definition) is 1. The van der Waals surface area contributed by atoms with Gasteiger partial charge < -0.3 is 4.89 Å². The summed E-state index contributed by atoms with van der Waals surface area (Å²) < 4.78 is 13.3. The van der Waals surface area contributed by atoms with Gasteiger partial charge >= 0.3 is 7.82 Å². The molecule has 0 aliphatic carbocycles. The van der Waals surface area contributed by atoms with E-state index in [0.717, 1.165) is 7.11 Å². The van der Waals surface area contributed by atoms with Crippen LogP contribution in [0.3, 0.4) is 0 Å². The van der Waals surface area contributed by atoms with Crippen LogP contribution in [0.2, 0.25) is 0 Å². The summed E-state index contributed by atoms with van der Waals surface area (Å²) in [5.74, 6) is 0. The summed E-state index contributed by atoms with van der Waals surface area (Å²) in [6.07, 6.45) is 0. The van der Waals surface area contributed by atoms with Crippen LogP contribution in [0.4, 0.5) is 0 Å². The Hall–Kier alpha value is 0.110. The molecule has 0 aliphatic heterocycles. The lowest BCUT2D eigenvalue weighted by atomic mass is 11.8. The molecule has 0 aromatic rings. The van der Waals surface area contributed by atoms with Crippen LogP contribution in [-0.2, 0) is 9.09 Å². The van der Waals surface area contributed by atoms with Crippen molar-refractivity contribution in [3.05, 3.63) is 0 Å². The lowest BCUT2D eigenvalue weighted by Gasteiger charge is -1.87. The van der Waals surface area contributed by atoms with E-state index in [1.54, 1.807) is 0 Å². The van der Waals surface area contributed by atoms with Gasteiger partial charge in [0.05, 0.1) is 7.11 Å². The van der Waals surface area contributed by atoms with Gasteiger partial charge in [-0.05, 0) is 0 Å². The molecule has 0 fully saturated rings. The van der Waals surface area contributed by atoms with Gasteiger partial charge in [0.25, 0.3) is 0 Å². The van der Waals surface area contributed by atoms with Gasteiger partial charge in [0.2, 0.25) is 0 Å². The fourth-order valence-corrected chi connectivity index (χ4v) is 0. The fraction of sp³-hybridized carbons (Fsp3) is 1.00. The van der Waals surface area contributed by atoms with Crippen LogP contribution in [0.25, 0.3) is 0 Å². The lowest BCUT2D eigenvalue weighted by Crippen LogP contribution is -1.76. The van der Waals surface area contributed by atoms with E-state index in [-0.39, 0.29) is 0 Å². The van der Waals surface area contributed by atoms with Crippen molar-refractivity contribution in [3.63, 3.8) is 0 Å². The van der Waals surface area contributed by atoms with E-state index in [1.807, 2.05) is 0 Å². The fourth-order valence-electron chi connectivity index (χ4n) is 0. The van der Waals surface area contributed by atoms with Gasteiger partial charge in [-0.15, -0.1) is 0 Å². The summed E-state index contributed by atoms with van der Waals surface area (Å²) in [5.41, 5.74) is 0. The summed E-state index contributed by atoms with van der Waals surface area (Å²) in [6.45, 7) is 0. The maximum Gasteiger partial charge on any atom is 0.631 e. The normalized spacial score (nSPS) is 19.8. The Balaban J connectivity index is 3.48. The van der Waals surface area contributed by atoms with Crippen LogP contribution in [0.1, 0.15) is 0 Å². The van der Waals surface area contributed by atoms with Gasteiger partial charge in [-0.25, -0.2) is 4.52 Å². The molecule has 0 saturated carbocycles. The standard InChI is InChI=1S/CH5O4P/c1-5-6(2,3)4/h1H3,(H2,2,3,4)/p+1. The largest absolute Gasteiger partial charge is 0.631 e. The third-order valence-electron chi connectivity index (χ3n) is 0.247. The van der Waals surface area contributed by atoms with Gasteiger partial charge in [0.15, 0.2) is 0 Å². The maximum atomic E-state index is 9.58. The Morgan fingerprint density at radius 1 is 2.00 bits per heavy atom. The SMILES string of the molecule is COP(=O)(O)[OH2+]. The molecule has 3 N–H and O–H groups in total. The van der Waals surface area contributed by atoms with Gasteiger partial charge in [0, 0.05) is 0 Å². The van der Waals surface area contributed by atoms with Crippen LogP contribution >= 0.6 is 7.82 Å². The summed E-state index contributed by atoms with van der Waals surface area (Å²) in [6, 6.07) is 0. The molecule has 0 aliphatic rings. The van der Waals surface area contributed by atoms with E-state index in [4.69, 9.17) is 9.79 Å². The Kier molecular flexibility index (Phi) is 1.74. The first-order valence-corrected chi connectivity index (χ1v) is 2.77. The molecule has 1 unspecified atom stereocenters. The number of rotatable bonds is 1. The summed E-state index contributed by atoms with van der Waals surface area (Å²) >= 11 is 0. The van der Waals surface area contributed by atoms with Gasteiger partial charge in [-0.3, -0.25) is 4.89 Å². The molecule has 0 aromatic carbocycles. The average Bonchev–Trinajstić information content (AvgIpc) is 1.35. The van der Waals surface area contributed by atoms with E-state index < -0.39 is 7.82 Å². The van der Waals surface area contributed by atoms with Gasteiger partial charge in [0.1, 0.15) is 0 Å². The minimum atomic E-state index is -3.90. The third-order valence-corrected chi connectivity index (χ3v) is 0.742. The summed E-state index contributed by atoms with van der Waals surface area (Å²) in [5, 5.41) is 0. The predicted octanol–water partition coefficient (Wildman–Crippen LogP) is -0.542. The first-order valence-electron chi connectivity index (χ1n) is 1.20. The first-order chi connectivity index (χ1) is 2.56. The monoisotopic (exact) mass is 113 g/mol.